The maximum absolute atomic E-state index is 13.0. The lowest BCUT2D eigenvalue weighted by Crippen LogP contribution is -2.34. The second-order valence-electron chi connectivity index (χ2n) is 6.79. The highest BCUT2D eigenvalue weighted by Gasteiger charge is 2.22. The normalized spacial score (nSPS) is 12.2. The lowest BCUT2D eigenvalue weighted by atomic mass is 9.95. The van der Waals surface area contributed by atoms with Crippen molar-refractivity contribution >= 4 is 16.7 Å². The molecule has 0 saturated heterocycles. The Labute approximate surface area is 157 Å². The number of amides is 1. The highest BCUT2D eigenvalue weighted by Crippen LogP contribution is 2.25. The van der Waals surface area contributed by atoms with Gasteiger partial charge in [-0.2, -0.15) is 5.10 Å². The van der Waals surface area contributed by atoms with Gasteiger partial charge >= 0.3 is 0 Å². The number of fused-ring (bicyclic) bond motifs is 1. The summed E-state index contributed by atoms with van der Waals surface area (Å²) in [6.07, 6.45) is 0. The number of hydrogen-bond donors (Lipinski definition) is 1. The lowest BCUT2D eigenvalue weighted by molar-refractivity contribution is 0.0920. The maximum atomic E-state index is 13.0. The van der Waals surface area contributed by atoms with Crippen molar-refractivity contribution in [1.82, 2.24) is 15.1 Å². The van der Waals surface area contributed by atoms with Crippen LogP contribution in [0, 0.1) is 5.92 Å². The van der Waals surface area contributed by atoms with E-state index in [-0.39, 0.29) is 29.1 Å². The molecule has 27 heavy (non-hydrogen) atoms. The minimum Gasteiger partial charge on any atom is -0.497 e. The van der Waals surface area contributed by atoms with Crippen LogP contribution >= 0.6 is 0 Å². The van der Waals surface area contributed by atoms with Crippen molar-refractivity contribution in [2.24, 2.45) is 13.0 Å². The Kier molecular flexibility index (Phi) is 5.26. The second-order valence-corrected chi connectivity index (χ2v) is 6.79. The van der Waals surface area contributed by atoms with E-state index < -0.39 is 0 Å². The van der Waals surface area contributed by atoms with Crippen molar-refractivity contribution in [2.75, 3.05) is 7.11 Å². The summed E-state index contributed by atoms with van der Waals surface area (Å²) in [5.74, 6) is 0.621. The Balaban J connectivity index is 1.98. The Hall–Kier alpha value is -3.15. The Morgan fingerprint density at radius 2 is 1.70 bits per heavy atom. The number of nitrogens with one attached hydrogen (secondary N) is 1. The van der Waals surface area contributed by atoms with Crippen molar-refractivity contribution in [2.45, 2.75) is 19.9 Å². The number of ether oxygens (including phenoxy) is 1. The first-order chi connectivity index (χ1) is 12.9. The van der Waals surface area contributed by atoms with Crippen molar-refractivity contribution in [3.63, 3.8) is 0 Å². The quantitative estimate of drug-likeness (QED) is 0.754. The number of benzene rings is 2. The molecule has 0 aliphatic rings. The summed E-state index contributed by atoms with van der Waals surface area (Å²) >= 11 is 0. The van der Waals surface area contributed by atoms with Gasteiger partial charge < -0.3 is 10.1 Å². The molecule has 0 bridgehead atoms. The molecule has 3 aromatic rings. The largest absolute Gasteiger partial charge is 0.497 e. The summed E-state index contributed by atoms with van der Waals surface area (Å²) in [6, 6.07) is 14.5. The van der Waals surface area contributed by atoms with Gasteiger partial charge in [-0.15, -0.1) is 0 Å². The number of nitrogens with zero attached hydrogens (tertiary/aromatic N) is 2. The van der Waals surface area contributed by atoms with Crippen LogP contribution in [-0.4, -0.2) is 22.8 Å². The predicted molar refractivity (Wildman–Crippen MR) is 105 cm³/mol. The molecule has 0 unspecified atom stereocenters. The first-order valence-corrected chi connectivity index (χ1v) is 8.83. The molecule has 0 fully saturated rings. The van der Waals surface area contributed by atoms with E-state index in [1.54, 1.807) is 38.4 Å². The van der Waals surface area contributed by atoms with Gasteiger partial charge in [0.15, 0.2) is 5.69 Å². The van der Waals surface area contributed by atoms with E-state index in [0.29, 0.717) is 10.8 Å². The molecule has 2 aromatic carbocycles. The first-order valence-electron chi connectivity index (χ1n) is 8.83. The fourth-order valence-corrected chi connectivity index (χ4v) is 3.12. The van der Waals surface area contributed by atoms with Gasteiger partial charge in [0.2, 0.25) is 0 Å². The van der Waals surface area contributed by atoms with Crippen LogP contribution in [0.5, 0.6) is 5.75 Å². The van der Waals surface area contributed by atoms with E-state index in [4.69, 9.17) is 4.74 Å². The third-order valence-corrected chi connectivity index (χ3v) is 4.60. The standard InChI is InChI=1S/C21H23N3O3/c1-13(2)18(14-9-11-15(27-4)12-10-14)22-20(25)19-16-7-5-6-8-17(16)21(26)24(3)23-19/h5-13,18H,1-4H3,(H,22,25)/t18-/m1/s1. The molecule has 0 radical (unpaired) electrons. The molecule has 6 nitrogen and oxygen atoms in total. The van der Waals surface area contributed by atoms with Crippen molar-refractivity contribution in [1.29, 1.82) is 0 Å². The Morgan fingerprint density at radius 3 is 2.30 bits per heavy atom. The second kappa shape index (κ2) is 7.61. The molecule has 1 heterocycles. The number of methoxy groups -OCH3 is 1. The molecular formula is C21H23N3O3. The highest BCUT2D eigenvalue weighted by atomic mass is 16.5. The maximum Gasteiger partial charge on any atom is 0.274 e. The van der Waals surface area contributed by atoms with Crippen LogP contribution in [0.4, 0.5) is 0 Å². The van der Waals surface area contributed by atoms with Crippen molar-refractivity contribution in [3.8, 4) is 5.75 Å². The van der Waals surface area contributed by atoms with Crippen LogP contribution in [0.3, 0.4) is 0 Å². The van der Waals surface area contributed by atoms with Crippen LogP contribution < -0.4 is 15.6 Å². The van der Waals surface area contributed by atoms with Crippen LogP contribution in [0.2, 0.25) is 0 Å². The molecule has 0 saturated carbocycles. The van der Waals surface area contributed by atoms with Crippen LogP contribution in [0.15, 0.2) is 53.3 Å². The Morgan fingerprint density at radius 1 is 1.07 bits per heavy atom. The van der Waals surface area contributed by atoms with Crippen LogP contribution in [0.1, 0.15) is 35.9 Å². The van der Waals surface area contributed by atoms with E-state index in [0.717, 1.165) is 11.3 Å². The summed E-state index contributed by atoms with van der Waals surface area (Å²) in [5, 5.41) is 8.30. The van der Waals surface area contributed by atoms with Gasteiger partial charge in [0.05, 0.1) is 18.5 Å². The number of hydrogen-bond acceptors (Lipinski definition) is 4. The molecule has 1 amide bonds. The summed E-state index contributed by atoms with van der Waals surface area (Å²) < 4.78 is 6.41. The number of aryl methyl sites for hydroxylation is 1. The molecule has 140 valence electrons. The zero-order chi connectivity index (χ0) is 19.6. The van der Waals surface area contributed by atoms with E-state index >= 15 is 0 Å². The molecule has 6 heteroatoms. The van der Waals surface area contributed by atoms with Gasteiger partial charge in [-0.1, -0.05) is 44.2 Å². The molecule has 1 N–H and O–H groups in total. The molecule has 0 aliphatic carbocycles. The van der Waals surface area contributed by atoms with Gasteiger partial charge in [0, 0.05) is 12.4 Å². The first kappa shape index (κ1) is 18.6. The van der Waals surface area contributed by atoms with Crippen molar-refractivity contribution in [3.05, 3.63) is 70.1 Å². The SMILES string of the molecule is COc1ccc([C@H](NC(=O)c2nn(C)c(=O)c3ccccc23)C(C)C)cc1. The fourth-order valence-electron chi connectivity index (χ4n) is 3.12. The van der Waals surface area contributed by atoms with Gasteiger partial charge in [-0.25, -0.2) is 4.68 Å². The smallest absolute Gasteiger partial charge is 0.274 e. The minimum atomic E-state index is -0.309. The number of carbonyl (C=O) groups excluding carboxylic acids is 1. The topological polar surface area (TPSA) is 73.2 Å². The molecule has 0 spiro atoms. The lowest BCUT2D eigenvalue weighted by Gasteiger charge is -2.23. The zero-order valence-corrected chi connectivity index (χ0v) is 15.9. The summed E-state index contributed by atoms with van der Waals surface area (Å²) in [5.41, 5.74) is 0.998. The van der Waals surface area contributed by atoms with E-state index in [2.05, 4.69) is 10.4 Å². The van der Waals surface area contributed by atoms with Crippen LogP contribution in [0.25, 0.3) is 10.8 Å². The van der Waals surface area contributed by atoms with E-state index in [1.165, 1.54) is 4.68 Å². The Bertz CT molecular complexity index is 1020. The molecule has 1 aromatic heterocycles. The fraction of sp³-hybridized carbons (Fsp3) is 0.286. The van der Waals surface area contributed by atoms with Crippen molar-refractivity contribution < 1.29 is 9.53 Å². The third-order valence-electron chi connectivity index (χ3n) is 4.60. The van der Waals surface area contributed by atoms with Gasteiger partial charge in [0.25, 0.3) is 11.5 Å². The van der Waals surface area contributed by atoms with E-state index in [1.807, 2.05) is 38.1 Å². The van der Waals surface area contributed by atoms with Gasteiger partial charge in [-0.3, -0.25) is 9.59 Å². The third kappa shape index (κ3) is 3.69. The number of carbonyl (C=O) groups is 1. The van der Waals surface area contributed by atoms with Gasteiger partial charge in [-0.05, 0) is 29.7 Å². The molecule has 1 atom stereocenters. The molecule has 3 rings (SSSR count). The number of aromatic nitrogens is 2. The summed E-state index contributed by atoms with van der Waals surface area (Å²) in [4.78, 5) is 25.3. The molecule has 0 aliphatic heterocycles. The average Bonchev–Trinajstić information content (AvgIpc) is 2.68. The highest BCUT2D eigenvalue weighted by molar-refractivity contribution is 6.04. The van der Waals surface area contributed by atoms with Gasteiger partial charge in [0.1, 0.15) is 5.75 Å². The number of rotatable bonds is 5. The summed E-state index contributed by atoms with van der Waals surface area (Å²) in [7, 11) is 3.17. The minimum absolute atomic E-state index is 0.168. The predicted octanol–water partition coefficient (Wildman–Crippen LogP) is 3.07. The van der Waals surface area contributed by atoms with Crippen LogP contribution in [-0.2, 0) is 7.05 Å². The monoisotopic (exact) mass is 365 g/mol. The average molecular weight is 365 g/mol. The zero-order valence-electron chi connectivity index (χ0n) is 15.9. The summed E-state index contributed by atoms with van der Waals surface area (Å²) in [6.45, 7) is 4.09. The van der Waals surface area contributed by atoms with E-state index in [9.17, 15) is 9.59 Å². The molecular weight excluding hydrogens is 342 g/mol.